The predicted octanol–water partition coefficient (Wildman–Crippen LogP) is 5.37. The summed E-state index contributed by atoms with van der Waals surface area (Å²) in [7, 11) is 0. The third kappa shape index (κ3) is 5.85. The van der Waals surface area contributed by atoms with Crippen molar-refractivity contribution in [3.8, 4) is 5.75 Å². The first-order chi connectivity index (χ1) is 15.6. The van der Waals surface area contributed by atoms with Crippen LogP contribution in [0.25, 0.3) is 0 Å². The molecule has 3 aromatic carbocycles. The van der Waals surface area contributed by atoms with E-state index in [4.69, 9.17) is 4.74 Å². The fourth-order valence-electron chi connectivity index (χ4n) is 3.49. The second-order valence-electron chi connectivity index (χ2n) is 7.55. The summed E-state index contributed by atoms with van der Waals surface area (Å²) in [6.07, 6.45) is 4.04. The van der Waals surface area contributed by atoms with E-state index in [1.165, 1.54) is 25.0 Å². The molecule has 0 spiro atoms. The Morgan fingerprint density at radius 3 is 2.47 bits per heavy atom. The molecular formula is C25H23FIN3O2. The van der Waals surface area contributed by atoms with E-state index in [0.717, 1.165) is 39.2 Å². The van der Waals surface area contributed by atoms with Gasteiger partial charge in [-0.1, -0.05) is 12.1 Å². The maximum absolute atomic E-state index is 13.0. The summed E-state index contributed by atoms with van der Waals surface area (Å²) < 4.78 is 19.7. The number of halogens is 2. The van der Waals surface area contributed by atoms with Crippen molar-refractivity contribution in [3.05, 3.63) is 92.8 Å². The Kier molecular flexibility index (Phi) is 7.36. The number of hydrogen-bond acceptors (Lipinski definition) is 4. The van der Waals surface area contributed by atoms with Crippen LogP contribution in [0, 0.1) is 9.39 Å². The Bertz CT molecular complexity index is 1100. The van der Waals surface area contributed by atoms with Crippen LogP contribution in [0.4, 0.5) is 10.1 Å². The molecule has 0 unspecified atom stereocenters. The molecule has 4 rings (SSSR count). The number of amides is 1. The van der Waals surface area contributed by atoms with E-state index in [1.54, 1.807) is 18.3 Å². The monoisotopic (exact) mass is 543 g/mol. The fourth-order valence-corrected chi connectivity index (χ4v) is 4.18. The number of nitrogens with zero attached hydrogens (tertiary/aromatic N) is 2. The Morgan fingerprint density at radius 2 is 1.78 bits per heavy atom. The molecule has 7 heteroatoms. The van der Waals surface area contributed by atoms with E-state index in [1.807, 2.05) is 42.5 Å². The normalized spacial score (nSPS) is 13.5. The Hall–Kier alpha value is -2.94. The van der Waals surface area contributed by atoms with Crippen molar-refractivity contribution in [2.75, 3.05) is 18.0 Å². The molecule has 1 fully saturated rings. The lowest BCUT2D eigenvalue weighted by Gasteiger charge is -2.17. The molecule has 0 radical (unpaired) electrons. The van der Waals surface area contributed by atoms with Crippen LogP contribution in [0.15, 0.2) is 71.8 Å². The summed E-state index contributed by atoms with van der Waals surface area (Å²) >= 11 is 2.19. The average Bonchev–Trinajstić information content (AvgIpc) is 3.35. The van der Waals surface area contributed by atoms with Crippen molar-refractivity contribution < 1.29 is 13.9 Å². The van der Waals surface area contributed by atoms with Gasteiger partial charge in [0.2, 0.25) is 0 Å². The van der Waals surface area contributed by atoms with Crippen LogP contribution in [0.1, 0.15) is 34.3 Å². The van der Waals surface area contributed by atoms with Crippen LogP contribution in [-0.4, -0.2) is 25.2 Å². The van der Waals surface area contributed by atoms with Crippen molar-refractivity contribution >= 4 is 40.4 Å². The highest BCUT2D eigenvalue weighted by molar-refractivity contribution is 14.1. The third-order valence-corrected chi connectivity index (χ3v) is 6.09. The van der Waals surface area contributed by atoms with Gasteiger partial charge in [0.05, 0.1) is 9.78 Å². The van der Waals surface area contributed by atoms with E-state index in [2.05, 4.69) is 38.0 Å². The maximum Gasteiger partial charge on any atom is 0.271 e. The Labute approximate surface area is 200 Å². The zero-order valence-corrected chi connectivity index (χ0v) is 19.6. The smallest absolute Gasteiger partial charge is 0.271 e. The van der Waals surface area contributed by atoms with Crippen molar-refractivity contribution in [1.82, 2.24) is 5.43 Å². The first-order valence-electron chi connectivity index (χ1n) is 10.4. The molecule has 164 valence electrons. The van der Waals surface area contributed by atoms with Crippen molar-refractivity contribution in [2.24, 2.45) is 5.10 Å². The van der Waals surface area contributed by atoms with Crippen molar-refractivity contribution in [1.29, 1.82) is 0 Å². The second-order valence-corrected chi connectivity index (χ2v) is 8.71. The first-order valence-corrected chi connectivity index (χ1v) is 11.5. The molecule has 5 nitrogen and oxygen atoms in total. The lowest BCUT2D eigenvalue weighted by atomic mass is 10.2. The van der Waals surface area contributed by atoms with E-state index in [9.17, 15) is 9.18 Å². The van der Waals surface area contributed by atoms with Gasteiger partial charge in [-0.25, -0.2) is 9.82 Å². The highest BCUT2D eigenvalue weighted by atomic mass is 127. The molecular weight excluding hydrogens is 520 g/mol. The van der Waals surface area contributed by atoms with Gasteiger partial charge in [0.1, 0.15) is 18.2 Å². The van der Waals surface area contributed by atoms with Gasteiger partial charge in [-0.2, -0.15) is 5.10 Å². The summed E-state index contributed by atoms with van der Waals surface area (Å²) in [5.74, 6) is 0.218. The number of carbonyl (C=O) groups excluding carboxylic acids is 1. The standard InChI is InChI=1S/C25H23FIN3O2/c26-21-8-3-18(4-9-21)17-32-24-12-5-19(15-23(24)27)16-28-29-25(31)20-6-10-22(11-7-20)30-13-1-2-14-30/h3-12,15-16H,1-2,13-14,17H2,(H,29,31)/b28-16-. The SMILES string of the molecule is O=C(N/N=C\c1ccc(OCc2ccc(F)cc2)c(I)c1)c1ccc(N2CCCC2)cc1. The number of carbonyl (C=O) groups is 1. The van der Waals surface area contributed by atoms with Gasteiger partial charge >= 0.3 is 0 Å². The molecule has 1 N–H and O–H groups in total. The first kappa shape index (κ1) is 22.3. The van der Waals surface area contributed by atoms with Crippen LogP contribution in [0.2, 0.25) is 0 Å². The minimum absolute atomic E-state index is 0.247. The number of rotatable bonds is 7. The highest BCUT2D eigenvalue weighted by Crippen LogP contribution is 2.23. The molecule has 1 amide bonds. The lowest BCUT2D eigenvalue weighted by molar-refractivity contribution is 0.0955. The topological polar surface area (TPSA) is 53.9 Å². The number of benzene rings is 3. The molecule has 0 aliphatic carbocycles. The molecule has 0 bridgehead atoms. The second kappa shape index (κ2) is 10.6. The number of nitrogens with one attached hydrogen (secondary N) is 1. The summed E-state index contributed by atoms with van der Waals surface area (Å²) in [4.78, 5) is 14.7. The molecule has 1 saturated heterocycles. The van der Waals surface area contributed by atoms with Gasteiger partial charge in [0.25, 0.3) is 5.91 Å². The van der Waals surface area contributed by atoms with Crippen LogP contribution >= 0.6 is 22.6 Å². The van der Waals surface area contributed by atoms with Gasteiger partial charge in [0.15, 0.2) is 0 Å². The van der Waals surface area contributed by atoms with E-state index < -0.39 is 0 Å². The molecule has 1 aliphatic heterocycles. The number of ether oxygens (including phenoxy) is 1. The maximum atomic E-state index is 13.0. The van der Waals surface area contributed by atoms with Gasteiger partial charge in [-0.05, 0) is 101 Å². The minimum atomic E-state index is -0.266. The Balaban J connectivity index is 1.30. The van der Waals surface area contributed by atoms with Gasteiger partial charge in [-0.15, -0.1) is 0 Å². The average molecular weight is 543 g/mol. The Morgan fingerprint density at radius 1 is 1.06 bits per heavy atom. The minimum Gasteiger partial charge on any atom is -0.488 e. The summed E-state index contributed by atoms with van der Waals surface area (Å²) in [6.45, 7) is 2.51. The zero-order chi connectivity index (χ0) is 22.3. The summed E-state index contributed by atoms with van der Waals surface area (Å²) in [6, 6.07) is 19.5. The number of hydrogen-bond donors (Lipinski definition) is 1. The van der Waals surface area contributed by atoms with Crippen molar-refractivity contribution in [3.63, 3.8) is 0 Å². The molecule has 0 saturated carbocycles. The van der Waals surface area contributed by atoms with Gasteiger partial charge < -0.3 is 9.64 Å². The van der Waals surface area contributed by atoms with Crippen LogP contribution in [0.5, 0.6) is 5.75 Å². The van der Waals surface area contributed by atoms with Gasteiger partial charge in [0, 0.05) is 24.3 Å². The fraction of sp³-hybridized carbons (Fsp3) is 0.200. The van der Waals surface area contributed by atoms with Gasteiger partial charge in [-0.3, -0.25) is 4.79 Å². The highest BCUT2D eigenvalue weighted by Gasteiger charge is 2.13. The van der Waals surface area contributed by atoms with E-state index in [-0.39, 0.29) is 11.7 Å². The largest absolute Gasteiger partial charge is 0.488 e. The number of anilines is 1. The zero-order valence-electron chi connectivity index (χ0n) is 17.4. The quantitative estimate of drug-likeness (QED) is 0.248. The van der Waals surface area contributed by atoms with Crippen LogP contribution < -0.4 is 15.1 Å². The van der Waals surface area contributed by atoms with Crippen LogP contribution in [-0.2, 0) is 6.61 Å². The predicted molar refractivity (Wildman–Crippen MR) is 133 cm³/mol. The molecule has 0 aromatic heterocycles. The lowest BCUT2D eigenvalue weighted by Crippen LogP contribution is -2.19. The van der Waals surface area contributed by atoms with Crippen LogP contribution in [0.3, 0.4) is 0 Å². The molecule has 1 aliphatic rings. The third-order valence-electron chi connectivity index (χ3n) is 5.24. The van der Waals surface area contributed by atoms with E-state index in [0.29, 0.717) is 12.2 Å². The molecule has 0 atom stereocenters. The summed E-state index contributed by atoms with van der Waals surface area (Å²) in [5.41, 5.74) is 6.03. The summed E-state index contributed by atoms with van der Waals surface area (Å²) in [5, 5.41) is 4.08. The molecule has 3 aromatic rings. The molecule has 1 heterocycles. The molecule has 32 heavy (non-hydrogen) atoms. The van der Waals surface area contributed by atoms with Crippen molar-refractivity contribution in [2.45, 2.75) is 19.4 Å². The number of hydrazone groups is 1. The van der Waals surface area contributed by atoms with E-state index >= 15 is 0 Å².